The van der Waals surface area contributed by atoms with Crippen LogP contribution in [0, 0.1) is 0 Å². The van der Waals surface area contributed by atoms with Crippen LogP contribution in [-0.2, 0) is 6.61 Å². The normalized spacial score (nSPS) is 17.3. The van der Waals surface area contributed by atoms with Crippen LogP contribution in [0.4, 0.5) is 5.69 Å². The third-order valence-electron chi connectivity index (χ3n) is 6.61. The number of hydrogen-bond donors (Lipinski definition) is 4. The molecule has 0 saturated heterocycles. The number of ether oxygens (including phenoxy) is 1. The van der Waals surface area contributed by atoms with E-state index in [2.05, 4.69) is 14.8 Å². The van der Waals surface area contributed by atoms with Crippen molar-refractivity contribution in [1.29, 1.82) is 0 Å². The first-order valence-corrected chi connectivity index (χ1v) is 14.7. The molecule has 4 aromatic rings. The van der Waals surface area contributed by atoms with Gasteiger partial charge in [-0.15, -0.1) is 15.7 Å². The van der Waals surface area contributed by atoms with Crippen molar-refractivity contribution in [3.63, 3.8) is 0 Å². The molecule has 1 fully saturated rings. The SMILES string of the molecule is O=c1c(C2=NS(O)(O)c3cc(OCc4ccccc4)ccc3N2)c(O)c2sccc2n1N=C1CCCCC1. The summed E-state index contributed by atoms with van der Waals surface area (Å²) in [4.78, 5) is 13.8. The molecule has 6 rings (SSSR count). The fourth-order valence-corrected chi connectivity index (χ4v) is 6.69. The Kier molecular flexibility index (Phi) is 6.44. The van der Waals surface area contributed by atoms with E-state index < -0.39 is 16.3 Å². The first kappa shape index (κ1) is 24.7. The molecule has 11 heteroatoms. The van der Waals surface area contributed by atoms with Crippen LogP contribution in [-0.4, -0.2) is 30.4 Å². The largest absolute Gasteiger partial charge is 0.505 e. The molecule has 2 aromatic heterocycles. The zero-order valence-corrected chi connectivity index (χ0v) is 22.0. The minimum Gasteiger partial charge on any atom is -0.505 e. The van der Waals surface area contributed by atoms with Gasteiger partial charge in [-0.25, -0.2) is 0 Å². The Labute approximate surface area is 224 Å². The van der Waals surface area contributed by atoms with Crippen LogP contribution in [0.15, 0.2) is 79.2 Å². The predicted molar refractivity (Wildman–Crippen MR) is 152 cm³/mol. The molecule has 0 atom stereocenters. The molecule has 0 bridgehead atoms. The van der Waals surface area contributed by atoms with Crippen LogP contribution in [0.25, 0.3) is 10.2 Å². The molecular formula is C27H26N4O5S2. The molecule has 2 aliphatic rings. The number of rotatable bonds is 5. The number of nitrogens with zero attached hydrogens (tertiary/aromatic N) is 3. The van der Waals surface area contributed by atoms with E-state index in [1.54, 1.807) is 23.6 Å². The van der Waals surface area contributed by atoms with Crippen LogP contribution in [0.1, 0.15) is 43.2 Å². The lowest BCUT2D eigenvalue weighted by atomic mass is 9.99. The van der Waals surface area contributed by atoms with Gasteiger partial charge in [0.25, 0.3) is 5.56 Å². The molecule has 0 radical (unpaired) electrons. The van der Waals surface area contributed by atoms with Crippen LogP contribution >= 0.6 is 22.1 Å². The number of benzene rings is 2. The number of pyridine rings is 1. The van der Waals surface area contributed by atoms with Crippen molar-refractivity contribution in [1.82, 2.24) is 4.68 Å². The van der Waals surface area contributed by atoms with Crippen molar-refractivity contribution in [3.05, 3.63) is 81.5 Å². The summed E-state index contributed by atoms with van der Waals surface area (Å²) in [6, 6.07) is 16.2. The Hall–Kier alpha value is -3.64. The van der Waals surface area contributed by atoms with Crippen molar-refractivity contribution in [3.8, 4) is 11.5 Å². The van der Waals surface area contributed by atoms with Crippen molar-refractivity contribution in [2.75, 3.05) is 5.32 Å². The number of fused-ring (bicyclic) bond motifs is 2. The molecule has 0 amide bonds. The highest BCUT2D eigenvalue weighted by Gasteiger charge is 2.31. The Balaban J connectivity index is 1.38. The molecule has 2 aromatic carbocycles. The zero-order chi connectivity index (χ0) is 26.3. The highest BCUT2D eigenvalue weighted by atomic mass is 32.3. The molecule has 1 aliphatic heterocycles. The summed E-state index contributed by atoms with van der Waals surface area (Å²) in [5.41, 5.74) is 2.02. The second-order valence-corrected chi connectivity index (χ2v) is 11.8. The highest BCUT2D eigenvalue weighted by molar-refractivity contribution is 8.23. The van der Waals surface area contributed by atoms with Gasteiger partial charge in [-0.05, 0) is 54.8 Å². The van der Waals surface area contributed by atoms with E-state index in [-0.39, 0.29) is 22.0 Å². The standard InChI is InChI=1S/C27H26N4O5S2/c32-24-23(27(33)31(21-13-14-37-25(21)24)29-18-9-5-2-6-10-18)26-28-20-12-11-19(15-22(20)38(34,35)30-26)36-16-17-7-3-1-4-8-17/h1,3-4,7-8,11-15,32,34-35H,2,5-6,9-10,16H2,(H,28,30). The second kappa shape index (κ2) is 9.91. The molecule has 0 unspecified atom stereocenters. The van der Waals surface area contributed by atoms with Gasteiger partial charge in [-0.3, -0.25) is 13.9 Å². The van der Waals surface area contributed by atoms with Gasteiger partial charge in [-0.1, -0.05) is 47.5 Å². The molecule has 4 N–H and O–H groups in total. The van der Waals surface area contributed by atoms with Gasteiger partial charge in [0.1, 0.15) is 22.8 Å². The Morgan fingerprint density at radius 3 is 2.66 bits per heavy atom. The average Bonchev–Trinajstić information content (AvgIpc) is 3.41. The predicted octanol–water partition coefficient (Wildman–Crippen LogP) is 6.41. The lowest BCUT2D eigenvalue weighted by Crippen LogP contribution is -2.31. The monoisotopic (exact) mass is 550 g/mol. The van der Waals surface area contributed by atoms with Gasteiger partial charge in [-0.2, -0.15) is 9.78 Å². The lowest BCUT2D eigenvalue weighted by molar-refractivity contribution is 0.305. The zero-order valence-electron chi connectivity index (χ0n) is 20.3. The number of aromatic nitrogens is 1. The molecule has 0 spiro atoms. The number of hydrogen-bond acceptors (Lipinski definition) is 9. The summed E-state index contributed by atoms with van der Waals surface area (Å²) in [5.74, 6) is 0.0557. The first-order valence-electron chi connectivity index (χ1n) is 12.3. The van der Waals surface area contributed by atoms with E-state index in [9.17, 15) is 19.0 Å². The average molecular weight is 551 g/mol. The van der Waals surface area contributed by atoms with E-state index >= 15 is 0 Å². The minimum absolute atomic E-state index is 0.120. The van der Waals surface area contributed by atoms with E-state index in [4.69, 9.17) is 4.74 Å². The van der Waals surface area contributed by atoms with Crippen molar-refractivity contribution < 1.29 is 18.9 Å². The summed E-state index contributed by atoms with van der Waals surface area (Å²) in [6.45, 7) is 0.317. The van der Waals surface area contributed by atoms with Gasteiger partial charge in [0.15, 0.2) is 11.6 Å². The number of aromatic hydroxyl groups is 1. The molecule has 1 saturated carbocycles. The third kappa shape index (κ3) is 4.58. The molecular weight excluding hydrogens is 524 g/mol. The molecule has 196 valence electrons. The van der Waals surface area contributed by atoms with Crippen LogP contribution < -0.4 is 15.6 Å². The van der Waals surface area contributed by atoms with Gasteiger partial charge in [0.05, 0.1) is 15.9 Å². The van der Waals surface area contributed by atoms with Crippen LogP contribution in [0.5, 0.6) is 11.5 Å². The maximum Gasteiger partial charge on any atom is 0.286 e. The summed E-state index contributed by atoms with van der Waals surface area (Å²) in [6.07, 6.45) is 4.81. The van der Waals surface area contributed by atoms with Gasteiger partial charge in [0, 0.05) is 11.8 Å². The number of amidine groups is 1. The topological polar surface area (TPSA) is 129 Å². The van der Waals surface area contributed by atoms with E-state index in [0.29, 0.717) is 28.3 Å². The van der Waals surface area contributed by atoms with Gasteiger partial charge in [0.2, 0.25) is 0 Å². The van der Waals surface area contributed by atoms with E-state index in [0.717, 1.165) is 43.4 Å². The molecule has 9 nitrogen and oxygen atoms in total. The van der Waals surface area contributed by atoms with Gasteiger partial charge < -0.3 is 15.2 Å². The third-order valence-corrected chi connectivity index (χ3v) is 8.88. The number of anilines is 1. The summed E-state index contributed by atoms with van der Waals surface area (Å²) >= 11 is 1.27. The second-order valence-electron chi connectivity index (χ2n) is 9.22. The quantitative estimate of drug-likeness (QED) is 0.227. The van der Waals surface area contributed by atoms with E-state index in [1.807, 2.05) is 30.3 Å². The molecule has 1 aliphatic carbocycles. The fraction of sp³-hybridized carbons (Fsp3) is 0.222. The maximum atomic E-state index is 13.7. The Bertz CT molecular complexity index is 1630. The molecule has 38 heavy (non-hydrogen) atoms. The van der Waals surface area contributed by atoms with E-state index in [1.165, 1.54) is 22.1 Å². The van der Waals surface area contributed by atoms with Crippen molar-refractivity contribution in [2.24, 2.45) is 9.50 Å². The smallest absolute Gasteiger partial charge is 0.286 e. The highest BCUT2D eigenvalue weighted by Crippen LogP contribution is 2.56. The van der Waals surface area contributed by atoms with Crippen molar-refractivity contribution >= 4 is 49.6 Å². The molecule has 3 heterocycles. The summed E-state index contributed by atoms with van der Waals surface area (Å²) in [7, 11) is -3.70. The summed E-state index contributed by atoms with van der Waals surface area (Å²) < 4.78 is 33.7. The maximum absolute atomic E-state index is 13.7. The summed E-state index contributed by atoms with van der Waals surface area (Å²) in [5, 5.41) is 20.5. The Morgan fingerprint density at radius 2 is 1.87 bits per heavy atom. The van der Waals surface area contributed by atoms with Gasteiger partial charge >= 0.3 is 0 Å². The van der Waals surface area contributed by atoms with Crippen molar-refractivity contribution in [2.45, 2.75) is 43.6 Å². The Morgan fingerprint density at radius 1 is 1.08 bits per heavy atom. The first-order chi connectivity index (χ1) is 18.4. The lowest BCUT2D eigenvalue weighted by Gasteiger charge is -2.34. The number of thiophene rings is 1. The fourth-order valence-electron chi connectivity index (χ4n) is 4.69. The van der Waals surface area contributed by atoms with Crippen LogP contribution in [0.3, 0.4) is 0 Å². The number of nitrogens with one attached hydrogen (secondary N) is 1. The minimum atomic E-state index is -3.70. The van der Waals surface area contributed by atoms with Crippen LogP contribution in [0.2, 0.25) is 0 Å².